The van der Waals surface area contributed by atoms with E-state index in [1.165, 1.54) is 0 Å². The fourth-order valence-electron chi connectivity index (χ4n) is 4.07. The average Bonchev–Trinajstić information content (AvgIpc) is 3.41. The third-order valence-electron chi connectivity index (χ3n) is 5.91. The van der Waals surface area contributed by atoms with Crippen molar-refractivity contribution >= 4 is 11.6 Å². The van der Waals surface area contributed by atoms with Crippen molar-refractivity contribution < 1.29 is 13.7 Å². The van der Waals surface area contributed by atoms with Gasteiger partial charge >= 0.3 is 0 Å². The van der Waals surface area contributed by atoms with Gasteiger partial charge in [-0.3, -0.25) is 4.79 Å². The molecule has 0 radical (unpaired) electrons. The maximum atomic E-state index is 12.8. The van der Waals surface area contributed by atoms with Crippen molar-refractivity contribution in [1.29, 1.82) is 0 Å². The van der Waals surface area contributed by atoms with Crippen LogP contribution in [0, 0.1) is 17.8 Å². The van der Waals surface area contributed by atoms with Gasteiger partial charge in [0.2, 0.25) is 17.6 Å². The van der Waals surface area contributed by atoms with Gasteiger partial charge in [-0.25, -0.2) is 0 Å². The first-order valence-corrected chi connectivity index (χ1v) is 10.4. The van der Waals surface area contributed by atoms with Crippen molar-refractivity contribution in [2.75, 3.05) is 5.32 Å². The monoisotopic (exact) mass is 393 g/mol. The first kappa shape index (κ1) is 19.4. The van der Waals surface area contributed by atoms with E-state index < -0.39 is 0 Å². The van der Waals surface area contributed by atoms with Gasteiger partial charge in [0.1, 0.15) is 0 Å². The summed E-state index contributed by atoms with van der Waals surface area (Å²) in [5.74, 6) is 3.11. The number of anilines is 1. The zero-order valence-electron chi connectivity index (χ0n) is 16.9. The highest BCUT2D eigenvalue weighted by Crippen LogP contribution is 2.34. The predicted molar refractivity (Wildman–Crippen MR) is 110 cm³/mol. The van der Waals surface area contributed by atoms with Crippen LogP contribution in [0.4, 0.5) is 5.69 Å². The number of nitrogens with one attached hydrogen (secondary N) is 1. The lowest BCUT2D eigenvalue weighted by atomic mass is 9.76. The zero-order valence-corrected chi connectivity index (χ0v) is 16.9. The van der Waals surface area contributed by atoms with Gasteiger partial charge < -0.3 is 14.3 Å². The molecule has 0 spiro atoms. The van der Waals surface area contributed by atoms with Gasteiger partial charge in [-0.05, 0) is 61.3 Å². The second-order valence-electron chi connectivity index (χ2n) is 8.17. The number of furan rings is 1. The topological polar surface area (TPSA) is 81.2 Å². The number of aromatic nitrogens is 2. The van der Waals surface area contributed by atoms with Crippen molar-refractivity contribution in [3.63, 3.8) is 0 Å². The molecule has 1 aliphatic carbocycles. The molecule has 0 saturated heterocycles. The lowest BCUT2D eigenvalue weighted by Gasteiger charge is -2.30. The van der Waals surface area contributed by atoms with Gasteiger partial charge in [0.05, 0.1) is 12.7 Å². The third-order valence-corrected chi connectivity index (χ3v) is 5.91. The van der Waals surface area contributed by atoms with E-state index in [9.17, 15) is 4.79 Å². The molecule has 6 heteroatoms. The number of hydrogen-bond donors (Lipinski definition) is 1. The lowest BCUT2D eigenvalue weighted by Crippen LogP contribution is -2.28. The maximum Gasteiger partial charge on any atom is 0.238 e. The lowest BCUT2D eigenvalue weighted by molar-refractivity contribution is -0.121. The summed E-state index contributed by atoms with van der Waals surface area (Å²) in [5.41, 5.74) is 1.76. The summed E-state index contributed by atoms with van der Waals surface area (Å²) in [6.07, 6.45) is 6.22. The van der Waals surface area contributed by atoms with Crippen LogP contribution >= 0.6 is 0 Å². The molecule has 152 valence electrons. The van der Waals surface area contributed by atoms with Crippen LogP contribution in [-0.2, 0) is 11.2 Å². The summed E-state index contributed by atoms with van der Waals surface area (Å²) in [5, 5.41) is 7.10. The molecule has 4 rings (SSSR count). The summed E-state index contributed by atoms with van der Waals surface area (Å²) >= 11 is 0. The van der Waals surface area contributed by atoms with E-state index in [0.29, 0.717) is 29.8 Å². The Bertz CT molecular complexity index is 938. The molecule has 6 nitrogen and oxygen atoms in total. The highest BCUT2D eigenvalue weighted by Gasteiger charge is 2.28. The van der Waals surface area contributed by atoms with E-state index in [-0.39, 0.29) is 11.8 Å². The normalized spacial score (nSPS) is 19.4. The third kappa shape index (κ3) is 4.58. The Kier molecular flexibility index (Phi) is 5.79. The van der Waals surface area contributed by atoms with Crippen molar-refractivity contribution in [2.45, 2.75) is 46.0 Å². The van der Waals surface area contributed by atoms with E-state index in [0.717, 1.165) is 42.9 Å². The molecule has 1 aliphatic rings. The molecule has 0 bridgehead atoms. The smallest absolute Gasteiger partial charge is 0.238 e. The quantitative estimate of drug-likeness (QED) is 0.613. The SMILES string of the molecule is CC(C)C1CCC(C(=O)Nc2ccccc2Cc2nc(-c3ccco3)no2)CC1. The molecule has 2 aromatic heterocycles. The summed E-state index contributed by atoms with van der Waals surface area (Å²) in [6.45, 7) is 4.55. The van der Waals surface area contributed by atoms with E-state index in [1.807, 2.05) is 24.3 Å². The molecule has 1 fully saturated rings. The minimum atomic E-state index is 0.0898. The molecule has 1 saturated carbocycles. The molecule has 3 aromatic rings. The van der Waals surface area contributed by atoms with E-state index in [4.69, 9.17) is 8.94 Å². The summed E-state index contributed by atoms with van der Waals surface area (Å²) in [7, 11) is 0. The standard InChI is InChI=1S/C23H27N3O3/c1-15(2)16-9-11-17(12-10-16)23(27)24-19-7-4-3-6-18(19)14-21-25-22(26-29-21)20-8-5-13-28-20/h3-8,13,15-17H,9-12,14H2,1-2H3,(H,24,27). The predicted octanol–water partition coefficient (Wildman–Crippen LogP) is 5.32. The first-order valence-electron chi connectivity index (χ1n) is 10.4. The van der Waals surface area contributed by atoms with E-state index in [1.54, 1.807) is 18.4 Å². The number of carbonyl (C=O) groups is 1. The number of benzene rings is 1. The van der Waals surface area contributed by atoms with Crippen molar-refractivity contribution in [1.82, 2.24) is 10.1 Å². The number of carbonyl (C=O) groups excluding carboxylic acids is 1. The van der Waals surface area contributed by atoms with Crippen molar-refractivity contribution in [3.8, 4) is 11.6 Å². The fourth-order valence-corrected chi connectivity index (χ4v) is 4.07. The largest absolute Gasteiger partial charge is 0.461 e. The van der Waals surface area contributed by atoms with Gasteiger partial charge in [-0.15, -0.1) is 0 Å². The number of amides is 1. The van der Waals surface area contributed by atoms with Crippen LogP contribution in [0.3, 0.4) is 0 Å². The minimum absolute atomic E-state index is 0.0898. The second kappa shape index (κ2) is 8.64. The molecular formula is C23H27N3O3. The van der Waals surface area contributed by atoms with Crippen molar-refractivity contribution in [3.05, 3.63) is 54.1 Å². The van der Waals surface area contributed by atoms with Crippen LogP contribution in [0.2, 0.25) is 0 Å². The summed E-state index contributed by atoms with van der Waals surface area (Å²) in [4.78, 5) is 17.2. The number of nitrogens with zero attached hydrogens (tertiary/aromatic N) is 2. The molecular weight excluding hydrogens is 366 g/mol. The first-order chi connectivity index (χ1) is 14.1. The Hall–Kier alpha value is -2.89. The van der Waals surface area contributed by atoms with Gasteiger partial charge in [-0.2, -0.15) is 4.98 Å². The van der Waals surface area contributed by atoms with Crippen LogP contribution in [0.15, 0.2) is 51.6 Å². The molecule has 0 unspecified atom stereocenters. The summed E-state index contributed by atoms with van der Waals surface area (Å²) in [6, 6.07) is 11.3. The summed E-state index contributed by atoms with van der Waals surface area (Å²) < 4.78 is 10.7. The minimum Gasteiger partial charge on any atom is -0.461 e. The number of hydrogen-bond acceptors (Lipinski definition) is 5. The Labute approximate surface area is 170 Å². The number of rotatable bonds is 6. The van der Waals surface area contributed by atoms with Crippen LogP contribution < -0.4 is 5.32 Å². The molecule has 0 atom stereocenters. The number of para-hydroxylation sites is 1. The molecule has 1 aromatic carbocycles. The van der Waals surface area contributed by atoms with Crippen LogP contribution in [-0.4, -0.2) is 16.0 Å². The molecule has 1 N–H and O–H groups in total. The van der Waals surface area contributed by atoms with Gasteiger partial charge in [-0.1, -0.05) is 37.2 Å². The van der Waals surface area contributed by atoms with Gasteiger partial charge in [0.15, 0.2) is 5.76 Å². The van der Waals surface area contributed by atoms with Crippen molar-refractivity contribution in [2.24, 2.45) is 17.8 Å². The average molecular weight is 393 g/mol. The van der Waals surface area contributed by atoms with Crippen LogP contribution in [0.1, 0.15) is 51.0 Å². The highest BCUT2D eigenvalue weighted by atomic mass is 16.5. The Morgan fingerprint density at radius 1 is 1.14 bits per heavy atom. The fraction of sp³-hybridized carbons (Fsp3) is 0.435. The van der Waals surface area contributed by atoms with Crippen LogP contribution in [0.5, 0.6) is 0 Å². The maximum absolute atomic E-state index is 12.8. The van der Waals surface area contributed by atoms with Crippen LogP contribution in [0.25, 0.3) is 11.6 Å². The van der Waals surface area contributed by atoms with E-state index >= 15 is 0 Å². The molecule has 29 heavy (non-hydrogen) atoms. The van der Waals surface area contributed by atoms with Gasteiger partial charge in [0.25, 0.3) is 0 Å². The van der Waals surface area contributed by atoms with Gasteiger partial charge in [0, 0.05) is 11.6 Å². The highest BCUT2D eigenvalue weighted by molar-refractivity contribution is 5.93. The molecule has 0 aliphatic heterocycles. The molecule has 1 amide bonds. The molecule has 2 heterocycles. The van der Waals surface area contributed by atoms with E-state index in [2.05, 4.69) is 29.3 Å². The second-order valence-corrected chi connectivity index (χ2v) is 8.17. The Balaban J connectivity index is 1.42. The zero-order chi connectivity index (χ0) is 20.2. The Morgan fingerprint density at radius 3 is 2.66 bits per heavy atom. The Morgan fingerprint density at radius 2 is 1.93 bits per heavy atom.